The molecule has 0 spiro atoms. The Labute approximate surface area is 183 Å². The molecule has 1 amide bonds. The second-order valence-electron chi connectivity index (χ2n) is 7.31. The Morgan fingerprint density at radius 1 is 1.09 bits per heavy atom. The van der Waals surface area contributed by atoms with Gasteiger partial charge in [0.05, 0.1) is 12.7 Å². The number of halogens is 1. The Kier molecular flexibility index (Phi) is 6.58. The summed E-state index contributed by atoms with van der Waals surface area (Å²) in [4.78, 5) is 22.6. The van der Waals surface area contributed by atoms with Crippen LogP contribution in [0.15, 0.2) is 60.8 Å². The highest BCUT2D eigenvalue weighted by Crippen LogP contribution is 2.26. The van der Waals surface area contributed by atoms with E-state index in [1.165, 1.54) is 17.0 Å². The number of aromatic nitrogens is 2. The van der Waals surface area contributed by atoms with Crippen molar-refractivity contribution in [2.45, 2.75) is 18.6 Å². The van der Waals surface area contributed by atoms with E-state index >= 15 is 0 Å². The SMILES string of the molecule is O=C1[C@@H](Oc2ccnc(-c3ccc(Oc4ccc(F)cc4)cc3)n2)CCN1C[C@H](O)CO. The summed E-state index contributed by atoms with van der Waals surface area (Å²) in [5.41, 5.74) is 0.729. The number of amides is 1. The number of carbonyl (C=O) groups excluding carboxylic acids is 1. The predicted octanol–water partition coefficient (Wildman–Crippen LogP) is 2.41. The molecule has 0 bridgehead atoms. The molecule has 166 valence electrons. The number of benzene rings is 2. The third-order valence-corrected chi connectivity index (χ3v) is 4.95. The number of carbonyl (C=O) groups is 1. The summed E-state index contributed by atoms with van der Waals surface area (Å²) in [6, 6.07) is 14.4. The van der Waals surface area contributed by atoms with Crippen molar-refractivity contribution in [3.8, 4) is 28.8 Å². The third-order valence-electron chi connectivity index (χ3n) is 4.95. The van der Waals surface area contributed by atoms with E-state index in [2.05, 4.69) is 9.97 Å². The average molecular weight is 439 g/mol. The van der Waals surface area contributed by atoms with E-state index in [1.807, 2.05) is 0 Å². The molecule has 32 heavy (non-hydrogen) atoms. The lowest BCUT2D eigenvalue weighted by atomic mass is 10.2. The number of aliphatic hydroxyl groups excluding tert-OH is 2. The van der Waals surface area contributed by atoms with Crippen LogP contribution in [0, 0.1) is 5.82 Å². The minimum Gasteiger partial charge on any atom is -0.464 e. The van der Waals surface area contributed by atoms with Crippen molar-refractivity contribution in [1.29, 1.82) is 0 Å². The smallest absolute Gasteiger partial charge is 0.263 e. The second kappa shape index (κ2) is 9.71. The van der Waals surface area contributed by atoms with Crippen LogP contribution in [0.3, 0.4) is 0 Å². The molecule has 1 fully saturated rings. The number of nitrogens with zero attached hydrogens (tertiary/aromatic N) is 3. The molecule has 0 saturated carbocycles. The summed E-state index contributed by atoms with van der Waals surface area (Å²) in [6.07, 6.45) is 0.340. The normalized spacial score (nSPS) is 16.8. The Hall–Kier alpha value is -3.56. The zero-order valence-electron chi connectivity index (χ0n) is 17.1. The van der Waals surface area contributed by atoms with Crippen molar-refractivity contribution in [3.63, 3.8) is 0 Å². The van der Waals surface area contributed by atoms with Gasteiger partial charge in [0.25, 0.3) is 5.91 Å². The molecule has 0 radical (unpaired) electrons. The van der Waals surface area contributed by atoms with Gasteiger partial charge >= 0.3 is 0 Å². The molecule has 1 aliphatic rings. The molecule has 4 rings (SSSR count). The number of likely N-dealkylation sites (tertiary alicyclic amines) is 1. The third kappa shape index (κ3) is 5.19. The van der Waals surface area contributed by atoms with Gasteiger partial charge in [-0.2, -0.15) is 4.98 Å². The molecule has 1 aromatic heterocycles. The van der Waals surface area contributed by atoms with E-state index in [0.717, 1.165) is 5.56 Å². The molecule has 0 aliphatic carbocycles. The fourth-order valence-corrected chi connectivity index (χ4v) is 3.32. The predicted molar refractivity (Wildman–Crippen MR) is 113 cm³/mol. The van der Waals surface area contributed by atoms with Crippen LogP contribution in [-0.4, -0.2) is 62.9 Å². The standard InChI is InChI=1S/C23H22FN3O5/c24-16-3-7-19(8-4-16)31-18-5-1-15(2-6-18)22-25-11-9-21(26-22)32-20-10-12-27(23(20)30)13-17(29)14-28/h1-9,11,17,20,28-29H,10,12-14H2/t17-,20-/m0/s1. The lowest BCUT2D eigenvalue weighted by Crippen LogP contribution is -2.38. The van der Waals surface area contributed by atoms with Crippen LogP contribution in [0.25, 0.3) is 11.4 Å². The van der Waals surface area contributed by atoms with Crippen LogP contribution in [0.1, 0.15) is 6.42 Å². The molecule has 2 heterocycles. The van der Waals surface area contributed by atoms with E-state index in [1.54, 1.807) is 48.7 Å². The van der Waals surface area contributed by atoms with Crippen molar-refractivity contribution >= 4 is 5.91 Å². The molecule has 0 unspecified atom stereocenters. The first-order valence-corrected chi connectivity index (χ1v) is 10.1. The average Bonchev–Trinajstić information content (AvgIpc) is 3.15. The van der Waals surface area contributed by atoms with Crippen molar-refractivity contribution in [2.75, 3.05) is 19.7 Å². The van der Waals surface area contributed by atoms with Gasteiger partial charge in [0.1, 0.15) is 17.3 Å². The van der Waals surface area contributed by atoms with Crippen molar-refractivity contribution in [2.24, 2.45) is 0 Å². The molecule has 1 aliphatic heterocycles. The van der Waals surface area contributed by atoms with E-state index in [0.29, 0.717) is 30.3 Å². The fourth-order valence-electron chi connectivity index (χ4n) is 3.32. The van der Waals surface area contributed by atoms with Gasteiger partial charge < -0.3 is 24.6 Å². The Bertz CT molecular complexity index is 1060. The minimum absolute atomic E-state index is 0.0660. The number of hydrogen-bond acceptors (Lipinski definition) is 7. The maximum Gasteiger partial charge on any atom is 0.263 e. The van der Waals surface area contributed by atoms with Gasteiger partial charge in [-0.05, 0) is 48.5 Å². The topological polar surface area (TPSA) is 105 Å². The minimum atomic E-state index is -0.974. The fraction of sp³-hybridized carbons (Fsp3) is 0.261. The summed E-state index contributed by atoms with van der Waals surface area (Å²) in [7, 11) is 0. The summed E-state index contributed by atoms with van der Waals surface area (Å²) >= 11 is 0. The van der Waals surface area contributed by atoms with E-state index < -0.39 is 18.8 Å². The van der Waals surface area contributed by atoms with Crippen molar-refractivity contribution in [1.82, 2.24) is 14.9 Å². The maximum absolute atomic E-state index is 13.0. The summed E-state index contributed by atoms with van der Waals surface area (Å²) in [5.74, 6) is 1.21. The Morgan fingerprint density at radius 2 is 1.78 bits per heavy atom. The molecule has 2 aromatic carbocycles. The van der Waals surface area contributed by atoms with Crippen LogP contribution in [0.4, 0.5) is 4.39 Å². The van der Waals surface area contributed by atoms with Gasteiger partial charge in [-0.25, -0.2) is 9.37 Å². The number of β-amino-alcohol motifs (C(OH)–C–C–N with tert-alkyl or cyclic N) is 1. The zero-order chi connectivity index (χ0) is 22.5. The van der Waals surface area contributed by atoms with Crippen LogP contribution >= 0.6 is 0 Å². The van der Waals surface area contributed by atoms with Gasteiger partial charge in [0.15, 0.2) is 11.9 Å². The summed E-state index contributed by atoms with van der Waals surface area (Å²) in [5, 5.41) is 18.5. The van der Waals surface area contributed by atoms with Crippen LogP contribution in [0.5, 0.6) is 17.4 Å². The monoisotopic (exact) mass is 439 g/mol. The molecule has 1 saturated heterocycles. The lowest BCUT2D eigenvalue weighted by Gasteiger charge is -2.19. The Morgan fingerprint density at radius 3 is 2.47 bits per heavy atom. The van der Waals surface area contributed by atoms with Gasteiger partial charge in [0.2, 0.25) is 5.88 Å². The molecule has 8 nitrogen and oxygen atoms in total. The molecule has 2 atom stereocenters. The van der Waals surface area contributed by atoms with Crippen molar-refractivity contribution < 1.29 is 28.9 Å². The van der Waals surface area contributed by atoms with E-state index in [4.69, 9.17) is 14.6 Å². The molecule has 9 heteroatoms. The van der Waals surface area contributed by atoms with Crippen molar-refractivity contribution in [3.05, 3.63) is 66.6 Å². The van der Waals surface area contributed by atoms with Gasteiger partial charge in [0, 0.05) is 37.3 Å². The van der Waals surface area contributed by atoms with Gasteiger partial charge in [-0.3, -0.25) is 4.79 Å². The van der Waals surface area contributed by atoms with E-state index in [9.17, 15) is 14.3 Å². The van der Waals surface area contributed by atoms with Gasteiger partial charge in [-0.1, -0.05) is 0 Å². The zero-order valence-corrected chi connectivity index (χ0v) is 17.1. The quantitative estimate of drug-likeness (QED) is 0.555. The largest absolute Gasteiger partial charge is 0.464 e. The second-order valence-corrected chi connectivity index (χ2v) is 7.31. The highest BCUT2D eigenvalue weighted by atomic mass is 19.1. The first-order chi connectivity index (χ1) is 15.5. The Balaban J connectivity index is 1.40. The summed E-state index contributed by atoms with van der Waals surface area (Å²) in [6.45, 7) is 0.100. The number of hydrogen-bond donors (Lipinski definition) is 2. The molecular weight excluding hydrogens is 417 g/mol. The number of aliphatic hydroxyl groups is 2. The number of rotatable bonds is 8. The first-order valence-electron chi connectivity index (χ1n) is 10.1. The van der Waals surface area contributed by atoms with Crippen LogP contribution in [-0.2, 0) is 4.79 Å². The highest BCUT2D eigenvalue weighted by Gasteiger charge is 2.34. The highest BCUT2D eigenvalue weighted by molar-refractivity contribution is 5.83. The van der Waals surface area contributed by atoms with E-state index in [-0.39, 0.29) is 24.1 Å². The molecular formula is C23H22FN3O5. The maximum atomic E-state index is 13.0. The summed E-state index contributed by atoms with van der Waals surface area (Å²) < 4.78 is 24.5. The van der Waals surface area contributed by atoms with Crippen LogP contribution < -0.4 is 9.47 Å². The number of ether oxygens (including phenoxy) is 2. The lowest BCUT2D eigenvalue weighted by molar-refractivity contribution is -0.134. The van der Waals surface area contributed by atoms with Gasteiger partial charge in [-0.15, -0.1) is 0 Å². The van der Waals surface area contributed by atoms with Crippen LogP contribution in [0.2, 0.25) is 0 Å². The molecule has 3 aromatic rings. The molecule has 2 N–H and O–H groups in total. The first kappa shape index (κ1) is 21.7.